The summed E-state index contributed by atoms with van der Waals surface area (Å²) >= 11 is 5.94. The van der Waals surface area contributed by atoms with Crippen LogP contribution in [0.15, 0.2) is 42.5 Å². The lowest BCUT2D eigenvalue weighted by Gasteiger charge is -2.23. The molecule has 1 N–H and O–H groups in total. The quantitative estimate of drug-likeness (QED) is 0.781. The topological polar surface area (TPSA) is 75.7 Å². The number of rotatable bonds is 5. The van der Waals surface area contributed by atoms with Gasteiger partial charge in [-0.25, -0.2) is 4.79 Å². The monoisotopic (exact) mass is 400 g/mol. The molecule has 3 rings (SSSR count). The molecule has 2 amide bonds. The molecule has 146 valence electrons. The standard InChI is InChI=1S/C21H21ClN2O4/c1-13(25)23-18(14-3-6-17(22)7-4-14)12-20(26)24-10-9-15-11-16(21(27)28-2)5-8-19(15)24/h3-8,11,18H,9-10,12H2,1-2H3,(H,23,25). The van der Waals surface area contributed by atoms with Crippen molar-refractivity contribution in [3.8, 4) is 0 Å². The lowest BCUT2D eigenvalue weighted by atomic mass is 10.0. The maximum atomic E-state index is 13.0. The molecule has 6 nitrogen and oxygen atoms in total. The Kier molecular flexibility index (Phi) is 5.99. The minimum absolute atomic E-state index is 0.0988. The Morgan fingerprint density at radius 1 is 1.18 bits per heavy atom. The minimum Gasteiger partial charge on any atom is -0.465 e. The van der Waals surface area contributed by atoms with E-state index in [9.17, 15) is 14.4 Å². The van der Waals surface area contributed by atoms with Gasteiger partial charge < -0.3 is 15.0 Å². The summed E-state index contributed by atoms with van der Waals surface area (Å²) in [6.45, 7) is 1.96. The van der Waals surface area contributed by atoms with Crippen LogP contribution in [0.5, 0.6) is 0 Å². The first-order valence-electron chi connectivity index (χ1n) is 8.93. The molecule has 2 aromatic rings. The molecule has 0 saturated carbocycles. The number of nitrogens with one attached hydrogen (secondary N) is 1. The van der Waals surface area contributed by atoms with Crippen LogP contribution >= 0.6 is 11.6 Å². The zero-order valence-electron chi connectivity index (χ0n) is 15.7. The Balaban J connectivity index is 1.79. The number of anilines is 1. The Bertz CT molecular complexity index is 911. The van der Waals surface area contributed by atoms with Gasteiger partial charge >= 0.3 is 5.97 Å². The maximum absolute atomic E-state index is 13.0. The van der Waals surface area contributed by atoms with Crippen LogP contribution in [0.3, 0.4) is 0 Å². The van der Waals surface area contributed by atoms with E-state index in [1.54, 1.807) is 47.4 Å². The van der Waals surface area contributed by atoms with Crippen molar-refractivity contribution in [1.82, 2.24) is 5.32 Å². The van der Waals surface area contributed by atoms with Crippen LogP contribution in [0.25, 0.3) is 0 Å². The van der Waals surface area contributed by atoms with Gasteiger partial charge in [0, 0.05) is 24.2 Å². The number of ether oxygens (including phenoxy) is 1. The highest BCUT2D eigenvalue weighted by Crippen LogP contribution is 2.31. The molecule has 1 aliphatic heterocycles. The molecule has 1 heterocycles. The largest absolute Gasteiger partial charge is 0.465 e. The summed E-state index contributed by atoms with van der Waals surface area (Å²) < 4.78 is 4.75. The summed E-state index contributed by atoms with van der Waals surface area (Å²) in [6.07, 6.45) is 0.789. The number of halogens is 1. The summed E-state index contributed by atoms with van der Waals surface area (Å²) in [7, 11) is 1.34. The number of hydrogen-bond acceptors (Lipinski definition) is 4. The highest BCUT2D eigenvalue weighted by molar-refractivity contribution is 6.30. The maximum Gasteiger partial charge on any atom is 0.337 e. The number of esters is 1. The van der Waals surface area contributed by atoms with Gasteiger partial charge in [-0.15, -0.1) is 0 Å². The fraction of sp³-hybridized carbons (Fsp3) is 0.286. The molecule has 0 radical (unpaired) electrons. The van der Waals surface area contributed by atoms with Crippen LogP contribution in [0.4, 0.5) is 5.69 Å². The predicted molar refractivity (Wildman–Crippen MR) is 106 cm³/mol. The third kappa shape index (κ3) is 4.34. The van der Waals surface area contributed by atoms with E-state index in [1.807, 2.05) is 0 Å². The summed E-state index contributed by atoms with van der Waals surface area (Å²) in [6, 6.07) is 11.8. The first kappa shape index (κ1) is 19.9. The van der Waals surface area contributed by atoms with E-state index >= 15 is 0 Å². The van der Waals surface area contributed by atoms with Crippen LogP contribution in [0.2, 0.25) is 5.02 Å². The second-order valence-corrected chi connectivity index (χ2v) is 7.08. The van der Waals surface area contributed by atoms with E-state index in [0.717, 1.165) is 16.8 Å². The summed E-state index contributed by atoms with van der Waals surface area (Å²) in [5.74, 6) is -0.711. The molecule has 0 aromatic heterocycles. The van der Waals surface area contributed by atoms with Crippen LogP contribution < -0.4 is 10.2 Å². The molecule has 0 fully saturated rings. The number of carbonyl (C=O) groups excluding carboxylic acids is 3. The first-order chi connectivity index (χ1) is 13.4. The second-order valence-electron chi connectivity index (χ2n) is 6.64. The lowest BCUT2D eigenvalue weighted by Crippen LogP contribution is -2.35. The van der Waals surface area contributed by atoms with Crippen molar-refractivity contribution in [2.24, 2.45) is 0 Å². The molecule has 1 unspecified atom stereocenters. The van der Waals surface area contributed by atoms with E-state index < -0.39 is 12.0 Å². The molecule has 0 spiro atoms. The van der Waals surface area contributed by atoms with Gasteiger partial charge in [0.05, 0.1) is 25.1 Å². The van der Waals surface area contributed by atoms with Crippen LogP contribution in [0, 0.1) is 0 Å². The highest BCUT2D eigenvalue weighted by Gasteiger charge is 2.28. The van der Waals surface area contributed by atoms with Crippen molar-refractivity contribution < 1.29 is 19.1 Å². The van der Waals surface area contributed by atoms with E-state index in [2.05, 4.69) is 5.32 Å². The van der Waals surface area contributed by atoms with Crippen molar-refractivity contribution in [1.29, 1.82) is 0 Å². The van der Waals surface area contributed by atoms with Crippen molar-refractivity contribution >= 4 is 35.1 Å². The van der Waals surface area contributed by atoms with Crippen molar-refractivity contribution in [3.05, 3.63) is 64.2 Å². The van der Waals surface area contributed by atoms with Crippen molar-refractivity contribution in [2.75, 3.05) is 18.6 Å². The van der Waals surface area contributed by atoms with E-state index in [1.165, 1.54) is 14.0 Å². The first-order valence-corrected chi connectivity index (χ1v) is 9.31. The van der Waals surface area contributed by atoms with E-state index in [-0.39, 0.29) is 18.2 Å². The van der Waals surface area contributed by atoms with Gasteiger partial charge in [-0.2, -0.15) is 0 Å². The molecule has 28 heavy (non-hydrogen) atoms. The van der Waals surface area contributed by atoms with Gasteiger partial charge in [-0.05, 0) is 47.9 Å². The normalized spacial score (nSPS) is 13.6. The van der Waals surface area contributed by atoms with Gasteiger partial charge in [0.25, 0.3) is 0 Å². The average Bonchev–Trinajstić information content (AvgIpc) is 3.10. The van der Waals surface area contributed by atoms with Gasteiger partial charge in [0.15, 0.2) is 0 Å². The Hall–Kier alpha value is -2.86. The van der Waals surface area contributed by atoms with Gasteiger partial charge in [0.1, 0.15) is 0 Å². The molecule has 0 saturated heterocycles. The average molecular weight is 401 g/mol. The predicted octanol–water partition coefficient (Wildman–Crippen LogP) is 3.28. The fourth-order valence-electron chi connectivity index (χ4n) is 3.38. The molecular formula is C21H21ClN2O4. The Labute approximate surface area is 168 Å². The number of methoxy groups -OCH3 is 1. The van der Waals surface area contributed by atoms with Crippen LogP contribution in [-0.4, -0.2) is 31.4 Å². The van der Waals surface area contributed by atoms with E-state index in [0.29, 0.717) is 23.6 Å². The number of benzene rings is 2. The molecule has 2 aromatic carbocycles. The number of fused-ring (bicyclic) bond motifs is 1. The second kappa shape index (κ2) is 8.44. The molecule has 7 heteroatoms. The summed E-state index contributed by atoms with van der Waals surface area (Å²) in [5.41, 5.74) is 3.00. The number of amides is 2. The molecule has 1 atom stereocenters. The van der Waals surface area contributed by atoms with Crippen LogP contribution in [0.1, 0.15) is 40.9 Å². The smallest absolute Gasteiger partial charge is 0.337 e. The number of carbonyl (C=O) groups is 3. The highest BCUT2D eigenvalue weighted by atomic mass is 35.5. The zero-order valence-corrected chi connectivity index (χ0v) is 16.5. The molecule has 0 aliphatic carbocycles. The SMILES string of the molecule is COC(=O)c1ccc2c(c1)CCN2C(=O)CC(NC(C)=O)c1ccc(Cl)cc1. The third-order valence-corrected chi connectivity index (χ3v) is 4.98. The van der Waals surface area contributed by atoms with Gasteiger partial charge in [0.2, 0.25) is 11.8 Å². The third-order valence-electron chi connectivity index (χ3n) is 4.73. The van der Waals surface area contributed by atoms with Crippen LogP contribution in [-0.2, 0) is 20.7 Å². The number of hydrogen-bond donors (Lipinski definition) is 1. The lowest BCUT2D eigenvalue weighted by molar-refractivity contribution is -0.121. The molecule has 1 aliphatic rings. The van der Waals surface area contributed by atoms with Gasteiger partial charge in [-0.3, -0.25) is 9.59 Å². The molecule has 0 bridgehead atoms. The van der Waals surface area contributed by atoms with Crippen molar-refractivity contribution in [2.45, 2.75) is 25.8 Å². The summed E-state index contributed by atoms with van der Waals surface area (Å²) in [5, 5.41) is 3.42. The minimum atomic E-state index is -0.444. The molecular weight excluding hydrogens is 380 g/mol. The van der Waals surface area contributed by atoms with Crippen molar-refractivity contribution in [3.63, 3.8) is 0 Å². The van der Waals surface area contributed by atoms with E-state index in [4.69, 9.17) is 16.3 Å². The summed E-state index contributed by atoms with van der Waals surface area (Å²) in [4.78, 5) is 38.0. The fourth-order valence-corrected chi connectivity index (χ4v) is 3.51. The Morgan fingerprint density at radius 3 is 2.54 bits per heavy atom. The van der Waals surface area contributed by atoms with Gasteiger partial charge in [-0.1, -0.05) is 23.7 Å². The Morgan fingerprint density at radius 2 is 1.89 bits per heavy atom. The zero-order chi connectivity index (χ0) is 20.3. The number of nitrogens with zero attached hydrogens (tertiary/aromatic N) is 1.